The van der Waals surface area contributed by atoms with E-state index in [1.807, 2.05) is 24.3 Å². The number of amides is 1. The zero-order chi connectivity index (χ0) is 20.2. The minimum Gasteiger partial charge on any atom is -0.497 e. The van der Waals surface area contributed by atoms with Gasteiger partial charge in [0.05, 0.1) is 12.5 Å². The van der Waals surface area contributed by atoms with Gasteiger partial charge >= 0.3 is 0 Å². The van der Waals surface area contributed by atoms with Crippen molar-refractivity contribution in [2.45, 2.75) is 49.4 Å². The van der Waals surface area contributed by atoms with Crippen molar-refractivity contribution in [1.29, 1.82) is 0 Å². The predicted octanol–water partition coefficient (Wildman–Crippen LogP) is 4.37. The molecular weight excluding hydrogens is 362 g/mol. The van der Waals surface area contributed by atoms with Crippen LogP contribution in [0.2, 0.25) is 0 Å². The molecule has 0 bridgehead atoms. The van der Waals surface area contributed by atoms with Crippen LogP contribution in [0.1, 0.15) is 49.7 Å². The average Bonchev–Trinajstić information content (AvgIpc) is 3.29. The molecule has 1 saturated heterocycles. The second kappa shape index (κ2) is 8.58. The molecule has 29 heavy (non-hydrogen) atoms. The Morgan fingerprint density at radius 3 is 2.21 bits per heavy atom. The van der Waals surface area contributed by atoms with E-state index in [1.165, 1.54) is 18.4 Å². The molecule has 1 heterocycles. The van der Waals surface area contributed by atoms with Gasteiger partial charge in [0, 0.05) is 25.2 Å². The summed E-state index contributed by atoms with van der Waals surface area (Å²) in [5.74, 6) is 0.943. The van der Waals surface area contributed by atoms with E-state index in [9.17, 15) is 4.79 Å². The number of carbonyl (C=O) groups excluding carboxylic acids is 1. The van der Waals surface area contributed by atoms with Crippen molar-refractivity contribution in [3.05, 3.63) is 65.7 Å². The number of carbonyl (C=O) groups is 1. The molecule has 0 aromatic heterocycles. The Bertz CT molecular complexity index is 804. The molecule has 0 atom stereocenters. The highest BCUT2D eigenvalue weighted by Crippen LogP contribution is 2.41. The highest BCUT2D eigenvalue weighted by molar-refractivity contribution is 5.88. The van der Waals surface area contributed by atoms with Crippen LogP contribution in [0.25, 0.3) is 0 Å². The third-order valence-corrected chi connectivity index (χ3v) is 6.96. The molecule has 4 heteroatoms. The summed E-state index contributed by atoms with van der Waals surface area (Å²) >= 11 is 0. The fraction of sp³-hybridized carbons (Fsp3) is 0.480. The van der Waals surface area contributed by atoms with Gasteiger partial charge in [-0.25, -0.2) is 0 Å². The van der Waals surface area contributed by atoms with Crippen LogP contribution < -0.4 is 10.1 Å². The van der Waals surface area contributed by atoms with Crippen molar-refractivity contribution in [2.75, 3.05) is 26.9 Å². The Kier molecular flexibility index (Phi) is 5.91. The van der Waals surface area contributed by atoms with Crippen molar-refractivity contribution in [3.63, 3.8) is 0 Å². The monoisotopic (exact) mass is 393 g/mol. The molecule has 4 rings (SSSR count). The first-order valence-electron chi connectivity index (χ1n) is 10.7. The average molecular weight is 394 g/mol. The summed E-state index contributed by atoms with van der Waals surface area (Å²) in [6.45, 7) is 1.93. The number of nitrogens with one attached hydrogen (secondary N) is 1. The Morgan fingerprint density at radius 2 is 1.59 bits per heavy atom. The molecular formula is C25H31NO3. The van der Waals surface area contributed by atoms with Gasteiger partial charge in [0.15, 0.2) is 0 Å². The van der Waals surface area contributed by atoms with Crippen LogP contribution in [-0.4, -0.2) is 32.8 Å². The largest absolute Gasteiger partial charge is 0.497 e. The molecule has 4 nitrogen and oxygen atoms in total. The van der Waals surface area contributed by atoms with Crippen molar-refractivity contribution >= 4 is 5.91 Å². The molecule has 0 radical (unpaired) electrons. The first-order chi connectivity index (χ1) is 14.2. The molecule has 1 amide bonds. The standard InChI is InChI=1S/C25H31NO3/c1-28-22-11-9-21(10-12-22)25(15-17-29-18-16-25)23(27)26-19-24(13-5-6-14-24)20-7-3-2-4-8-20/h2-4,7-12H,5-6,13-19H2,1H3,(H,26,27). The van der Waals surface area contributed by atoms with Crippen molar-refractivity contribution in [2.24, 2.45) is 0 Å². The second-order valence-electron chi connectivity index (χ2n) is 8.46. The summed E-state index contributed by atoms with van der Waals surface area (Å²) in [4.78, 5) is 13.6. The summed E-state index contributed by atoms with van der Waals surface area (Å²) in [5.41, 5.74) is 1.94. The number of hydrogen-bond donors (Lipinski definition) is 1. The topological polar surface area (TPSA) is 47.6 Å². The molecule has 1 aliphatic heterocycles. The zero-order valence-corrected chi connectivity index (χ0v) is 17.3. The van der Waals surface area contributed by atoms with Gasteiger partial charge in [0.25, 0.3) is 0 Å². The molecule has 1 saturated carbocycles. The van der Waals surface area contributed by atoms with Gasteiger partial charge in [-0.15, -0.1) is 0 Å². The van der Waals surface area contributed by atoms with E-state index in [0.29, 0.717) is 32.6 Å². The summed E-state index contributed by atoms with van der Waals surface area (Å²) in [5, 5.41) is 3.38. The number of rotatable bonds is 6. The maximum absolute atomic E-state index is 13.6. The third kappa shape index (κ3) is 3.91. The highest BCUT2D eigenvalue weighted by atomic mass is 16.5. The fourth-order valence-electron chi connectivity index (χ4n) is 5.11. The Hall–Kier alpha value is -2.33. The lowest BCUT2D eigenvalue weighted by atomic mass is 9.72. The number of hydrogen-bond acceptors (Lipinski definition) is 3. The molecule has 2 aromatic rings. The lowest BCUT2D eigenvalue weighted by Gasteiger charge is -2.38. The van der Waals surface area contributed by atoms with E-state index in [0.717, 1.165) is 24.2 Å². The van der Waals surface area contributed by atoms with Crippen molar-refractivity contribution in [1.82, 2.24) is 5.32 Å². The van der Waals surface area contributed by atoms with Gasteiger partial charge in [0.1, 0.15) is 5.75 Å². The summed E-state index contributed by atoms with van der Waals surface area (Å²) in [6, 6.07) is 18.7. The smallest absolute Gasteiger partial charge is 0.230 e. The van der Waals surface area contributed by atoms with Gasteiger partial charge in [-0.2, -0.15) is 0 Å². The first kappa shape index (κ1) is 20.0. The Balaban J connectivity index is 1.56. The predicted molar refractivity (Wildman–Crippen MR) is 114 cm³/mol. The maximum atomic E-state index is 13.6. The fourth-order valence-corrected chi connectivity index (χ4v) is 5.11. The quantitative estimate of drug-likeness (QED) is 0.793. The van der Waals surface area contributed by atoms with Crippen LogP contribution in [0.4, 0.5) is 0 Å². The van der Waals surface area contributed by atoms with E-state index in [-0.39, 0.29) is 11.3 Å². The van der Waals surface area contributed by atoms with E-state index in [1.54, 1.807) is 7.11 Å². The summed E-state index contributed by atoms with van der Waals surface area (Å²) in [7, 11) is 1.66. The summed E-state index contributed by atoms with van der Waals surface area (Å²) < 4.78 is 10.9. The van der Waals surface area contributed by atoms with Crippen molar-refractivity contribution in [3.8, 4) is 5.75 Å². The van der Waals surface area contributed by atoms with Gasteiger partial charge in [0.2, 0.25) is 5.91 Å². The lowest BCUT2D eigenvalue weighted by molar-refractivity contribution is -0.130. The highest BCUT2D eigenvalue weighted by Gasteiger charge is 2.43. The normalized spacial score (nSPS) is 20.2. The minimum absolute atomic E-state index is 0.0587. The molecule has 2 fully saturated rings. The van der Waals surface area contributed by atoms with Crippen LogP contribution in [-0.2, 0) is 20.4 Å². The summed E-state index contributed by atoms with van der Waals surface area (Å²) in [6.07, 6.45) is 6.14. The van der Waals surface area contributed by atoms with E-state index < -0.39 is 5.41 Å². The minimum atomic E-state index is -0.527. The van der Waals surface area contributed by atoms with Gasteiger partial charge < -0.3 is 14.8 Å². The van der Waals surface area contributed by atoms with Crippen LogP contribution >= 0.6 is 0 Å². The van der Waals surface area contributed by atoms with Crippen LogP contribution in [0, 0.1) is 0 Å². The van der Waals surface area contributed by atoms with Gasteiger partial charge in [-0.05, 0) is 48.9 Å². The molecule has 2 aromatic carbocycles. The number of ether oxygens (including phenoxy) is 2. The molecule has 0 unspecified atom stereocenters. The first-order valence-corrected chi connectivity index (χ1v) is 10.7. The second-order valence-corrected chi connectivity index (χ2v) is 8.46. The van der Waals surface area contributed by atoms with Crippen LogP contribution in [0.3, 0.4) is 0 Å². The lowest BCUT2D eigenvalue weighted by Crippen LogP contribution is -2.51. The number of methoxy groups -OCH3 is 1. The van der Waals surface area contributed by atoms with E-state index in [2.05, 4.69) is 35.6 Å². The van der Waals surface area contributed by atoms with Crippen LogP contribution in [0.5, 0.6) is 5.75 Å². The molecule has 1 aliphatic carbocycles. The maximum Gasteiger partial charge on any atom is 0.230 e. The number of benzene rings is 2. The van der Waals surface area contributed by atoms with Gasteiger partial charge in [-0.1, -0.05) is 55.3 Å². The molecule has 0 spiro atoms. The third-order valence-electron chi connectivity index (χ3n) is 6.96. The van der Waals surface area contributed by atoms with Crippen molar-refractivity contribution < 1.29 is 14.3 Å². The Morgan fingerprint density at radius 1 is 0.931 bits per heavy atom. The molecule has 2 aliphatic rings. The molecule has 154 valence electrons. The van der Waals surface area contributed by atoms with E-state index in [4.69, 9.17) is 9.47 Å². The van der Waals surface area contributed by atoms with E-state index >= 15 is 0 Å². The SMILES string of the molecule is COc1ccc(C2(C(=O)NCC3(c4ccccc4)CCCC3)CCOCC2)cc1. The molecule has 1 N–H and O–H groups in total. The Labute approximate surface area is 173 Å². The van der Waals surface area contributed by atoms with Crippen LogP contribution in [0.15, 0.2) is 54.6 Å². The van der Waals surface area contributed by atoms with Gasteiger partial charge in [-0.3, -0.25) is 4.79 Å². The zero-order valence-electron chi connectivity index (χ0n) is 17.3.